The lowest BCUT2D eigenvalue weighted by Crippen LogP contribution is -2.40. The standard InChI is InChI=1S/C18H18N2O4/c1-23-15-10-6-9-13(17(15)24-2)11-12-16(21)19-20-18(22)14-7-4-3-5-8-14/h3-12H,1-2H3,(H,19,21)(H,20,22). The van der Waals surface area contributed by atoms with E-state index in [0.29, 0.717) is 22.6 Å². The Bertz CT molecular complexity index is 742. The van der Waals surface area contributed by atoms with Gasteiger partial charge in [0.1, 0.15) is 0 Å². The number of amides is 2. The molecule has 6 nitrogen and oxygen atoms in total. The first kappa shape index (κ1) is 17.1. The molecule has 2 rings (SSSR count). The van der Waals surface area contributed by atoms with Gasteiger partial charge in [-0.2, -0.15) is 0 Å². The highest BCUT2D eigenvalue weighted by molar-refractivity contribution is 5.98. The molecular weight excluding hydrogens is 308 g/mol. The monoisotopic (exact) mass is 326 g/mol. The first-order valence-electron chi connectivity index (χ1n) is 7.20. The van der Waals surface area contributed by atoms with Crippen LogP contribution in [0.5, 0.6) is 11.5 Å². The van der Waals surface area contributed by atoms with Gasteiger partial charge in [0, 0.05) is 17.2 Å². The van der Waals surface area contributed by atoms with E-state index < -0.39 is 11.8 Å². The molecular formula is C18H18N2O4. The second-order valence-electron chi connectivity index (χ2n) is 4.73. The zero-order chi connectivity index (χ0) is 17.4. The number of nitrogens with one attached hydrogen (secondary N) is 2. The summed E-state index contributed by atoms with van der Waals surface area (Å²) in [5.41, 5.74) is 5.80. The van der Waals surface area contributed by atoms with Gasteiger partial charge in [-0.3, -0.25) is 20.4 Å². The molecule has 0 saturated heterocycles. The fourth-order valence-corrected chi connectivity index (χ4v) is 2.03. The van der Waals surface area contributed by atoms with Crippen LogP contribution in [0.4, 0.5) is 0 Å². The number of benzene rings is 2. The lowest BCUT2D eigenvalue weighted by molar-refractivity contribution is -0.117. The molecule has 0 fully saturated rings. The third-order valence-electron chi connectivity index (χ3n) is 3.18. The molecule has 0 radical (unpaired) electrons. The molecule has 2 aromatic rings. The third kappa shape index (κ3) is 4.36. The minimum atomic E-state index is -0.468. The van der Waals surface area contributed by atoms with Gasteiger partial charge in [0.05, 0.1) is 14.2 Å². The quantitative estimate of drug-likeness (QED) is 0.652. The van der Waals surface area contributed by atoms with Crippen LogP contribution in [0.25, 0.3) is 6.08 Å². The number of ether oxygens (including phenoxy) is 2. The van der Waals surface area contributed by atoms with Crippen molar-refractivity contribution in [1.82, 2.24) is 10.9 Å². The fraction of sp³-hybridized carbons (Fsp3) is 0.111. The van der Waals surface area contributed by atoms with E-state index >= 15 is 0 Å². The Hall–Kier alpha value is -3.28. The number of rotatable bonds is 5. The molecule has 0 aromatic heterocycles. The maximum atomic E-state index is 11.8. The Morgan fingerprint density at radius 2 is 1.67 bits per heavy atom. The van der Waals surface area contributed by atoms with Crippen LogP contribution < -0.4 is 20.3 Å². The van der Waals surface area contributed by atoms with Crippen molar-refractivity contribution in [2.24, 2.45) is 0 Å². The number of hydrogen-bond acceptors (Lipinski definition) is 4. The SMILES string of the molecule is COc1cccc(C=CC(=O)NNC(=O)c2ccccc2)c1OC. The van der Waals surface area contributed by atoms with Crippen LogP contribution >= 0.6 is 0 Å². The highest BCUT2D eigenvalue weighted by Gasteiger charge is 2.08. The number of carbonyl (C=O) groups is 2. The van der Waals surface area contributed by atoms with Crippen LogP contribution in [-0.4, -0.2) is 26.0 Å². The van der Waals surface area contributed by atoms with Crippen molar-refractivity contribution in [2.75, 3.05) is 14.2 Å². The van der Waals surface area contributed by atoms with Gasteiger partial charge in [0.25, 0.3) is 11.8 Å². The predicted octanol–water partition coefficient (Wildman–Crippen LogP) is 2.18. The summed E-state index contributed by atoms with van der Waals surface area (Å²) < 4.78 is 10.5. The van der Waals surface area contributed by atoms with Crippen LogP contribution in [0.15, 0.2) is 54.6 Å². The Labute approximate surface area is 140 Å². The maximum absolute atomic E-state index is 11.8. The van der Waals surface area contributed by atoms with Gasteiger partial charge in [-0.25, -0.2) is 0 Å². The molecule has 2 N–H and O–H groups in total. The predicted molar refractivity (Wildman–Crippen MR) is 90.6 cm³/mol. The molecule has 6 heteroatoms. The summed E-state index contributed by atoms with van der Waals surface area (Å²) in [5, 5.41) is 0. The van der Waals surface area contributed by atoms with E-state index in [2.05, 4.69) is 10.9 Å². The van der Waals surface area contributed by atoms with E-state index in [1.54, 1.807) is 54.6 Å². The van der Waals surface area contributed by atoms with Crippen LogP contribution in [0.3, 0.4) is 0 Å². The van der Waals surface area contributed by atoms with Crippen LogP contribution in [0, 0.1) is 0 Å². The fourth-order valence-electron chi connectivity index (χ4n) is 2.03. The Balaban J connectivity index is 1.97. The minimum Gasteiger partial charge on any atom is -0.493 e. The molecule has 0 bridgehead atoms. The number of carbonyl (C=O) groups excluding carboxylic acids is 2. The van der Waals surface area contributed by atoms with Gasteiger partial charge < -0.3 is 9.47 Å². The number of para-hydroxylation sites is 1. The molecule has 0 aliphatic carbocycles. The van der Waals surface area contributed by atoms with Gasteiger partial charge >= 0.3 is 0 Å². The maximum Gasteiger partial charge on any atom is 0.269 e. The number of hydrazine groups is 1. The van der Waals surface area contributed by atoms with Gasteiger partial charge in [-0.1, -0.05) is 30.3 Å². The molecule has 24 heavy (non-hydrogen) atoms. The first-order chi connectivity index (χ1) is 11.7. The average Bonchev–Trinajstić information content (AvgIpc) is 2.64. The molecule has 0 unspecified atom stereocenters. The van der Waals surface area contributed by atoms with Crippen LogP contribution in [0.2, 0.25) is 0 Å². The molecule has 0 saturated carbocycles. The lowest BCUT2D eigenvalue weighted by atomic mass is 10.1. The minimum absolute atomic E-state index is 0.392. The van der Waals surface area contributed by atoms with Gasteiger partial charge in [-0.15, -0.1) is 0 Å². The third-order valence-corrected chi connectivity index (χ3v) is 3.18. The van der Waals surface area contributed by atoms with Crippen molar-refractivity contribution in [3.05, 3.63) is 65.7 Å². The summed E-state index contributed by atoms with van der Waals surface area (Å²) in [6.07, 6.45) is 2.87. The van der Waals surface area contributed by atoms with E-state index in [-0.39, 0.29) is 0 Å². The van der Waals surface area contributed by atoms with E-state index in [9.17, 15) is 9.59 Å². The van der Waals surface area contributed by atoms with Crippen molar-refractivity contribution < 1.29 is 19.1 Å². The smallest absolute Gasteiger partial charge is 0.269 e. The summed E-state index contributed by atoms with van der Waals surface area (Å²) >= 11 is 0. The molecule has 0 heterocycles. The second-order valence-corrected chi connectivity index (χ2v) is 4.73. The number of hydrogen-bond donors (Lipinski definition) is 2. The summed E-state index contributed by atoms with van der Waals surface area (Å²) in [5.74, 6) is 0.232. The van der Waals surface area contributed by atoms with Gasteiger partial charge in [-0.05, 0) is 24.3 Å². The Kier molecular flexibility index (Phi) is 5.96. The number of methoxy groups -OCH3 is 2. The van der Waals surface area contributed by atoms with Gasteiger partial charge in [0.2, 0.25) is 0 Å². The Morgan fingerprint density at radius 1 is 0.917 bits per heavy atom. The molecule has 2 amide bonds. The Morgan fingerprint density at radius 3 is 2.33 bits per heavy atom. The van der Waals surface area contributed by atoms with Crippen molar-refractivity contribution >= 4 is 17.9 Å². The van der Waals surface area contributed by atoms with Crippen molar-refractivity contribution in [1.29, 1.82) is 0 Å². The second kappa shape index (κ2) is 8.38. The normalized spacial score (nSPS) is 10.2. The summed E-state index contributed by atoms with van der Waals surface area (Å²) in [6, 6.07) is 13.9. The zero-order valence-electron chi connectivity index (χ0n) is 13.4. The topological polar surface area (TPSA) is 76.7 Å². The molecule has 124 valence electrons. The van der Waals surface area contributed by atoms with E-state index in [4.69, 9.17) is 9.47 Å². The molecule has 0 aliphatic heterocycles. The van der Waals surface area contributed by atoms with Crippen LogP contribution in [0.1, 0.15) is 15.9 Å². The lowest BCUT2D eigenvalue weighted by Gasteiger charge is -2.10. The first-order valence-corrected chi connectivity index (χ1v) is 7.20. The summed E-state index contributed by atoms with van der Waals surface area (Å²) in [7, 11) is 3.06. The highest BCUT2D eigenvalue weighted by Crippen LogP contribution is 2.31. The molecule has 0 aliphatic rings. The van der Waals surface area contributed by atoms with E-state index in [1.807, 2.05) is 0 Å². The van der Waals surface area contributed by atoms with Crippen molar-refractivity contribution in [2.45, 2.75) is 0 Å². The highest BCUT2D eigenvalue weighted by atomic mass is 16.5. The molecule has 0 spiro atoms. The average molecular weight is 326 g/mol. The molecule has 0 atom stereocenters. The van der Waals surface area contributed by atoms with E-state index in [1.165, 1.54) is 20.3 Å². The summed E-state index contributed by atoms with van der Waals surface area (Å²) in [6.45, 7) is 0. The summed E-state index contributed by atoms with van der Waals surface area (Å²) in [4.78, 5) is 23.6. The largest absolute Gasteiger partial charge is 0.493 e. The van der Waals surface area contributed by atoms with Crippen molar-refractivity contribution in [3.63, 3.8) is 0 Å². The van der Waals surface area contributed by atoms with E-state index in [0.717, 1.165) is 0 Å². The van der Waals surface area contributed by atoms with Crippen LogP contribution in [-0.2, 0) is 4.79 Å². The van der Waals surface area contributed by atoms with Crippen molar-refractivity contribution in [3.8, 4) is 11.5 Å². The van der Waals surface area contributed by atoms with Gasteiger partial charge in [0.15, 0.2) is 11.5 Å². The molecule has 2 aromatic carbocycles. The zero-order valence-corrected chi connectivity index (χ0v) is 13.4.